The molecule has 0 spiro atoms. The predicted octanol–water partition coefficient (Wildman–Crippen LogP) is 2.62. The number of ether oxygens (including phenoxy) is 1. The molecule has 2 rings (SSSR count). The summed E-state index contributed by atoms with van der Waals surface area (Å²) in [7, 11) is 0. The van der Waals surface area contributed by atoms with Crippen molar-refractivity contribution in [1.82, 2.24) is 0 Å². The molecule has 1 aromatic carbocycles. The van der Waals surface area contributed by atoms with E-state index in [0.29, 0.717) is 11.2 Å². The third-order valence-electron chi connectivity index (χ3n) is 2.45. The minimum atomic E-state index is -0.617. The largest absolute Gasteiger partial charge is 0.368 e. The molecule has 2 nitrogen and oxygen atoms in total. The van der Waals surface area contributed by atoms with Gasteiger partial charge in [-0.15, -0.1) is 0 Å². The second kappa shape index (κ2) is 4.43. The van der Waals surface area contributed by atoms with Gasteiger partial charge in [0.1, 0.15) is 0 Å². The molecule has 3 heteroatoms. The van der Waals surface area contributed by atoms with Gasteiger partial charge in [0.25, 0.3) is 0 Å². The first kappa shape index (κ1) is 10.1. The molecule has 1 heterocycles. The minimum absolute atomic E-state index is 0.0278. The molecule has 1 aliphatic rings. The van der Waals surface area contributed by atoms with Gasteiger partial charge in [-0.2, -0.15) is 0 Å². The van der Waals surface area contributed by atoms with Crippen molar-refractivity contribution in [2.75, 3.05) is 0 Å². The quantitative estimate of drug-likeness (QED) is 0.783. The number of halogens is 1. The third kappa shape index (κ3) is 2.16. The minimum Gasteiger partial charge on any atom is -0.368 e. The van der Waals surface area contributed by atoms with Gasteiger partial charge in [-0.05, 0) is 18.4 Å². The summed E-state index contributed by atoms with van der Waals surface area (Å²) in [5, 5.41) is 9.42. The van der Waals surface area contributed by atoms with Crippen molar-refractivity contribution in [2.45, 2.75) is 30.1 Å². The molecule has 0 saturated carbocycles. The maximum absolute atomic E-state index is 9.42. The Balaban J connectivity index is 2.16. The standard InChI is InChI=1S/C11H13BrO2/c12-9-6-7-10(13)14-11(9)8-4-2-1-3-5-8/h1-5,9-11,13H,6-7H2. The van der Waals surface area contributed by atoms with Crippen molar-refractivity contribution < 1.29 is 9.84 Å². The lowest BCUT2D eigenvalue weighted by atomic mass is 10.0. The van der Waals surface area contributed by atoms with Crippen molar-refractivity contribution in [1.29, 1.82) is 0 Å². The molecule has 0 amide bonds. The summed E-state index contributed by atoms with van der Waals surface area (Å²) in [6.07, 6.45) is 1.01. The zero-order valence-corrected chi connectivity index (χ0v) is 9.35. The Kier molecular flexibility index (Phi) is 3.21. The third-order valence-corrected chi connectivity index (χ3v) is 3.39. The van der Waals surface area contributed by atoms with E-state index >= 15 is 0 Å². The van der Waals surface area contributed by atoms with Crippen LogP contribution in [-0.2, 0) is 4.74 Å². The van der Waals surface area contributed by atoms with E-state index in [0.717, 1.165) is 12.0 Å². The smallest absolute Gasteiger partial charge is 0.155 e. The number of hydrogen-bond acceptors (Lipinski definition) is 2. The Morgan fingerprint density at radius 2 is 1.93 bits per heavy atom. The summed E-state index contributed by atoms with van der Waals surface area (Å²) in [6.45, 7) is 0. The highest BCUT2D eigenvalue weighted by Crippen LogP contribution is 2.35. The summed E-state index contributed by atoms with van der Waals surface area (Å²) < 4.78 is 5.49. The second-order valence-electron chi connectivity index (χ2n) is 3.52. The van der Waals surface area contributed by atoms with E-state index in [9.17, 15) is 5.11 Å². The zero-order chi connectivity index (χ0) is 9.97. The van der Waals surface area contributed by atoms with Gasteiger partial charge in [-0.1, -0.05) is 46.3 Å². The van der Waals surface area contributed by atoms with Gasteiger partial charge in [0.15, 0.2) is 6.29 Å². The molecule has 76 valence electrons. The highest BCUT2D eigenvalue weighted by atomic mass is 79.9. The lowest BCUT2D eigenvalue weighted by Crippen LogP contribution is -2.29. The number of hydrogen-bond donors (Lipinski definition) is 1. The van der Waals surface area contributed by atoms with E-state index < -0.39 is 6.29 Å². The average Bonchev–Trinajstić information content (AvgIpc) is 2.23. The number of benzene rings is 1. The Labute approximate surface area is 92.0 Å². The van der Waals surface area contributed by atoms with Crippen molar-refractivity contribution >= 4 is 15.9 Å². The van der Waals surface area contributed by atoms with Gasteiger partial charge < -0.3 is 9.84 Å². The average molecular weight is 257 g/mol. The van der Waals surface area contributed by atoms with Crippen LogP contribution in [0.25, 0.3) is 0 Å². The van der Waals surface area contributed by atoms with Crippen LogP contribution in [0.15, 0.2) is 30.3 Å². The molecule has 3 atom stereocenters. The first-order valence-electron chi connectivity index (χ1n) is 4.80. The SMILES string of the molecule is OC1CCC(Br)C(c2ccccc2)O1. The fourth-order valence-corrected chi connectivity index (χ4v) is 2.40. The van der Waals surface area contributed by atoms with Crippen molar-refractivity contribution in [3.05, 3.63) is 35.9 Å². The zero-order valence-electron chi connectivity index (χ0n) is 7.77. The van der Waals surface area contributed by atoms with E-state index in [-0.39, 0.29) is 6.10 Å². The maximum atomic E-state index is 9.42. The van der Waals surface area contributed by atoms with Gasteiger partial charge in [-0.25, -0.2) is 0 Å². The van der Waals surface area contributed by atoms with E-state index in [4.69, 9.17) is 4.74 Å². The van der Waals surface area contributed by atoms with Crippen LogP contribution in [0, 0.1) is 0 Å². The maximum Gasteiger partial charge on any atom is 0.155 e. The molecule has 0 radical (unpaired) electrons. The van der Waals surface area contributed by atoms with Crippen LogP contribution < -0.4 is 0 Å². The Hall–Kier alpha value is -0.380. The van der Waals surface area contributed by atoms with Gasteiger partial charge in [0.2, 0.25) is 0 Å². The number of aliphatic hydroxyl groups is 1. The van der Waals surface area contributed by atoms with Crippen LogP contribution >= 0.6 is 15.9 Å². The molecule has 1 fully saturated rings. The molecule has 1 saturated heterocycles. The van der Waals surface area contributed by atoms with Crippen LogP contribution in [0.3, 0.4) is 0 Å². The molecule has 1 aliphatic heterocycles. The van der Waals surface area contributed by atoms with Crippen molar-refractivity contribution in [3.63, 3.8) is 0 Å². The van der Waals surface area contributed by atoms with E-state index in [1.165, 1.54) is 0 Å². The molecule has 0 aliphatic carbocycles. The predicted molar refractivity (Wildman–Crippen MR) is 58.2 cm³/mol. The van der Waals surface area contributed by atoms with E-state index in [1.54, 1.807) is 0 Å². The van der Waals surface area contributed by atoms with Crippen LogP contribution in [0.5, 0.6) is 0 Å². The van der Waals surface area contributed by atoms with Crippen LogP contribution in [0.2, 0.25) is 0 Å². The lowest BCUT2D eigenvalue weighted by Gasteiger charge is -2.31. The fraction of sp³-hybridized carbons (Fsp3) is 0.455. The summed E-state index contributed by atoms with van der Waals surface area (Å²) in [6, 6.07) is 10.00. The van der Waals surface area contributed by atoms with Gasteiger partial charge >= 0.3 is 0 Å². The Morgan fingerprint density at radius 1 is 1.21 bits per heavy atom. The normalized spacial score (nSPS) is 32.9. The summed E-state index contributed by atoms with van der Waals surface area (Å²) in [5.74, 6) is 0. The van der Waals surface area contributed by atoms with E-state index in [2.05, 4.69) is 15.9 Å². The second-order valence-corrected chi connectivity index (χ2v) is 4.69. The fourth-order valence-electron chi connectivity index (χ4n) is 1.71. The molecule has 3 unspecified atom stereocenters. The van der Waals surface area contributed by atoms with Crippen molar-refractivity contribution in [3.8, 4) is 0 Å². The molecular formula is C11H13BrO2. The van der Waals surface area contributed by atoms with Crippen LogP contribution in [0.4, 0.5) is 0 Å². The highest BCUT2D eigenvalue weighted by molar-refractivity contribution is 9.09. The Morgan fingerprint density at radius 3 is 2.64 bits per heavy atom. The number of aliphatic hydroxyl groups excluding tert-OH is 1. The Bertz CT molecular complexity index is 289. The monoisotopic (exact) mass is 256 g/mol. The molecule has 0 bridgehead atoms. The van der Waals surface area contributed by atoms with Gasteiger partial charge in [0.05, 0.1) is 6.10 Å². The van der Waals surface area contributed by atoms with E-state index in [1.807, 2.05) is 30.3 Å². The number of rotatable bonds is 1. The summed E-state index contributed by atoms with van der Waals surface area (Å²) in [4.78, 5) is 0.299. The molecule has 14 heavy (non-hydrogen) atoms. The lowest BCUT2D eigenvalue weighted by molar-refractivity contribution is -0.161. The van der Waals surface area contributed by atoms with Gasteiger partial charge in [-0.3, -0.25) is 0 Å². The highest BCUT2D eigenvalue weighted by Gasteiger charge is 2.29. The van der Waals surface area contributed by atoms with Crippen LogP contribution in [-0.4, -0.2) is 16.2 Å². The van der Waals surface area contributed by atoms with Crippen LogP contribution in [0.1, 0.15) is 24.5 Å². The first-order chi connectivity index (χ1) is 6.77. The molecule has 1 N–H and O–H groups in total. The summed E-state index contributed by atoms with van der Waals surface area (Å²) >= 11 is 3.58. The number of alkyl halides is 1. The van der Waals surface area contributed by atoms with Gasteiger partial charge in [0, 0.05) is 4.83 Å². The molecular weight excluding hydrogens is 244 g/mol. The molecule has 0 aromatic heterocycles. The molecule has 1 aromatic rings. The topological polar surface area (TPSA) is 29.5 Å². The summed E-state index contributed by atoms with van der Waals surface area (Å²) in [5.41, 5.74) is 1.12. The first-order valence-corrected chi connectivity index (χ1v) is 5.71. The van der Waals surface area contributed by atoms with Crippen molar-refractivity contribution in [2.24, 2.45) is 0 Å².